The molecule has 5 nitrogen and oxygen atoms in total. The van der Waals surface area contributed by atoms with Crippen LogP contribution in [0.25, 0.3) is 16.9 Å². The van der Waals surface area contributed by atoms with Gasteiger partial charge in [-0.25, -0.2) is 4.98 Å². The van der Waals surface area contributed by atoms with Crippen LogP contribution in [-0.2, 0) is 0 Å². The van der Waals surface area contributed by atoms with E-state index in [1.165, 1.54) is 12.1 Å². The van der Waals surface area contributed by atoms with Crippen molar-refractivity contribution in [3.8, 4) is 17.0 Å². The molecule has 0 aliphatic rings. The number of benzene rings is 2. The van der Waals surface area contributed by atoms with Gasteiger partial charge in [-0.05, 0) is 30.3 Å². The molecule has 0 spiro atoms. The second-order valence-electron chi connectivity index (χ2n) is 5.79. The molecule has 0 unspecified atom stereocenters. The number of imidazole rings is 1. The Morgan fingerprint density at radius 2 is 1.88 bits per heavy atom. The molecule has 128 valence electrons. The average molecular weight is 364 g/mol. The van der Waals surface area contributed by atoms with Gasteiger partial charge in [0.15, 0.2) is 0 Å². The van der Waals surface area contributed by atoms with Gasteiger partial charge in [0, 0.05) is 28.5 Å². The van der Waals surface area contributed by atoms with E-state index in [0.29, 0.717) is 16.2 Å². The Morgan fingerprint density at radius 1 is 1.08 bits per heavy atom. The number of nitrogens with zero attached hydrogens (tertiary/aromatic N) is 2. The van der Waals surface area contributed by atoms with E-state index >= 15 is 0 Å². The van der Waals surface area contributed by atoms with E-state index in [4.69, 9.17) is 11.6 Å². The second kappa shape index (κ2) is 6.54. The molecule has 0 atom stereocenters. The van der Waals surface area contributed by atoms with Crippen LogP contribution in [0.15, 0.2) is 73.1 Å². The first-order chi connectivity index (χ1) is 12.6. The van der Waals surface area contributed by atoms with E-state index in [-0.39, 0.29) is 17.3 Å². The summed E-state index contributed by atoms with van der Waals surface area (Å²) in [7, 11) is 0. The van der Waals surface area contributed by atoms with Crippen LogP contribution in [0.1, 0.15) is 10.4 Å². The molecule has 4 aromatic rings. The molecule has 0 saturated carbocycles. The van der Waals surface area contributed by atoms with Crippen LogP contribution < -0.4 is 5.32 Å². The van der Waals surface area contributed by atoms with Gasteiger partial charge < -0.3 is 14.8 Å². The van der Waals surface area contributed by atoms with Crippen molar-refractivity contribution < 1.29 is 9.90 Å². The highest BCUT2D eigenvalue weighted by Gasteiger charge is 2.12. The van der Waals surface area contributed by atoms with E-state index < -0.39 is 0 Å². The summed E-state index contributed by atoms with van der Waals surface area (Å²) in [6, 6.07) is 17.7. The summed E-state index contributed by atoms with van der Waals surface area (Å²) in [5.74, 6) is -0.398. The summed E-state index contributed by atoms with van der Waals surface area (Å²) in [4.78, 5) is 17.1. The molecule has 2 aromatic heterocycles. The van der Waals surface area contributed by atoms with Gasteiger partial charge in [0.1, 0.15) is 11.4 Å². The molecule has 2 heterocycles. The minimum Gasteiger partial charge on any atom is -0.506 e. The number of aromatic nitrogens is 2. The summed E-state index contributed by atoms with van der Waals surface area (Å²) in [5, 5.41) is 12.9. The van der Waals surface area contributed by atoms with Gasteiger partial charge in [0.05, 0.1) is 11.4 Å². The molecule has 0 aliphatic heterocycles. The van der Waals surface area contributed by atoms with Gasteiger partial charge in [-0.2, -0.15) is 0 Å². The summed E-state index contributed by atoms with van der Waals surface area (Å²) in [5.41, 5.74) is 3.19. The van der Waals surface area contributed by atoms with Crippen LogP contribution >= 0.6 is 11.6 Å². The number of carbonyl (C=O) groups is 1. The first-order valence-electron chi connectivity index (χ1n) is 7.94. The van der Waals surface area contributed by atoms with Crippen molar-refractivity contribution in [2.75, 3.05) is 5.32 Å². The highest BCUT2D eigenvalue weighted by Crippen LogP contribution is 2.27. The van der Waals surface area contributed by atoms with Gasteiger partial charge in [0.2, 0.25) is 0 Å². The van der Waals surface area contributed by atoms with Gasteiger partial charge >= 0.3 is 0 Å². The maximum Gasteiger partial charge on any atom is 0.255 e. The van der Waals surface area contributed by atoms with Crippen molar-refractivity contribution in [2.24, 2.45) is 0 Å². The zero-order chi connectivity index (χ0) is 18.1. The van der Waals surface area contributed by atoms with Crippen molar-refractivity contribution in [1.29, 1.82) is 0 Å². The molecular formula is C20H14ClN3O2. The number of carbonyl (C=O) groups excluding carboxylic acids is 1. The minimum atomic E-state index is -0.352. The third-order valence-corrected chi connectivity index (χ3v) is 4.23. The number of pyridine rings is 1. The number of rotatable bonds is 3. The molecule has 0 saturated heterocycles. The Bertz CT molecular complexity index is 1110. The number of anilines is 1. The van der Waals surface area contributed by atoms with Crippen LogP contribution in [0, 0.1) is 0 Å². The Hall–Kier alpha value is -3.31. The minimum absolute atomic E-state index is 0.0454. The molecule has 1 amide bonds. The van der Waals surface area contributed by atoms with E-state index in [1.807, 2.05) is 40.9 Å². The van der Waals surface area contributed by atoms with Crippen molar-refractivity contribution in [3.05, 3.63) is 83.6 Å². The van der Waals surface area contributed by atoms with Crippen LogP contribution in [0.2, 0.25) is 5.02 Å². The maximum absolute atomic E-state index is 12.5. The fourth-order valence-corrected chi connectivity index (χ4v) is 2.85. The second-order valence-corrected chi connectivity index (χ2v) is 6.23. The monoisotopic (exact) mass is 363 g/mol. The highest BCUT2D eigenvalue weighted by atomic mass is 35.5. The summed E-state index contributed by atoms with van der Waals surface area (Å²) in [6.07, 6.45) is 3.69. The van der Waals surface area contributed by atoms with Crippen LogP contribution in [-0.4, -0.2) is 20.4 Å². The van der Waals surface area contributed by atoms with Gasteiger partial charge in [-0.3, -0.25) is 4.79 Å². The summed E-state index contributed by atoms with van der Waals surface area (Å²) < 4.78 is 1.86. The Morgan fingerprint density at radius 3 is 2.69 bits per heavy atom. The fourth-order valence-electron chi connectivity index (χ4n) is 2.67. The number of amides is 1. The number of phenolic OH excluding ortho intramolecular Hbond substituents is 1. The topological polar surface area (TPSA) is 66.6 Å². The maximum atomic E-state index is 12.5. The van der Waals surface area contributed by atoms with Gasteiger partial charge in [0.25, 0.3) is 5.91 Å². The van der Waals surface area contributed by atoms with Crippen molar-refractivity contribution in [3.63, 3.8) is 0 Å². The van der Waals surface area contributed by atoms with Crippen molar-refractivity contribution >= 4 is 28.8 Å². The number of hydrogen-bond acceptors (Lipinski definition) is 3. The van der Waals surface area contributed by atoms with E-state index in [2.05, 4.69) is 10.3 Å². The average Bonchev–Trinajstić information content (AvgIpc) is 3.08. The number of halogens is 1. The standard InChI is InChI=1S/C20H14ClN3O2/c21-15-6-7-18(25)16(11-15)23-20(26)14-8-9-24-12-17(22-19(24)10-14)13-4-2-1-3-5-13/h1-12,25H,(H,23,26). The number of fused-ring (bicyclic) bond motifs is 1. The summed E-state index contributed by atoms with van der Waals surface area (Å²) in [6.45, 7) is 0. The molecular weight excluding hydrogens is 350 g/mol. The Kier molecular flexibility index (Phi) is 4.07. The highest BCUT2D eigenvalue weighted by molar-refractivity contribution is 6.31. The van der Waals surface area contributed by atoms with Gasteiger partial charge in [-0.15, -0.1) is 0 Å². The predicted octanol–water partition coefficient (Wildman–Crippen LogP) is 4.61. The molecule has 26 heavy (non-hydrogen) atoms. The zero-order valence-corrected chi connectivity index (χ0v) is 14.3. The number of nitrogens with one attached hydrogen (secondary N) is 1. The third kappa shape index (κ3) is 3.12. The molecule has 6 heteroatoms. The molecule has 0 radical (unpaired) electrons. The van der Waals surface area contributed by atoms with Crippen LogP contribution in [0.4, 0.5) is 5.69 Å². The molecule has 0 bridgehead atoms. The number of hydrogen-bond donors (Lipinski definition) is 2. The quantitative estimate of drug-likeness (QED) is 0.522. The molecule has 2 aromatic carbocycles. The smallest absolute Gasteiger partial charge is 0.255 e. The lowest BCUT2D eigenvalue weighted by Gasteiger charge is -2.08. The number of phenols is 1. The largest absolute Gasteiger partial charge is 0.506 e. The summed E-state index contributed by atoms with van der Waals surface area (Å²) >= 11 is 5.91. The third-order valence-electron chi connectivity index (χ3n) is 4.00. The van der Waals surface area contributed by atoms with E-state index in [1.54, 1.807) is 24.4 Å². The number of aromatic hydroxyl groups is 1. The first-order valence-corrected chi connectivity index (χ1v) is 8.32. The predicted molar refractivity (Wildman–Crippen MR) is 102 cm³/mol. The van der Waals surface area contributed by atoms with E-state index in [0.717, 1.165) is 11.3 Å². The normalized spacial score (nSPS) is 10.8. The Balaban J connectivity index is 1.64. The van der Waals surface area contributed by atoms with Crippen LogP contribution in [0.5, 0.6) is 5.75 Å². The van der Waals surface area contributed by atoms with Crippen molar-refractivity contribution in [1.82, 2.24) is 9.38 Å². The SMILES string of the molecule is O=C(Nc1cc(Cl)ccc1O)c1ccn2cc(-c3ccccc3)nc2c1. The lowest BCUT2D eigenvalue weighted by atomic mass is 10.2. The fraction of sp³-hybridized carbons (Fsp3) is 0. The molecule has 0 fully saturated rings. The molecule has 2 N–H and O–H groups in total. The molecule has 0 aliphatic carbocycles. The Labute approximate surface area is 154 Å². The zero-order valence-electron chi connectivity index (χ0n) is 13.6. The lowest BCUT2D eigenvalue weighted by Crippen LogP contribution is -2.12. The molecule has 4 rings (SSSR count). The van der Waals surface area contributed by atoms with Crippen LogP contribution in [0.3, 0.4) is 0 Å². The van der Waals surface area contributed by atoms with Crippen molar-refractivity contribution in [2.45, 2.75) is 0 Å². The van der Waals surface area contributed by atoms with Gasteiger partial charge in [-0.1, -0.05) is 41.9 Å². The lowest BCUT2D eigenvalue weighted by molar-refractivity contribution is 0.102. The van der Waals surface area contributed by atoms with E-state index in [9.17, 15) is 9.90 Å². The first kappa shape index (κ1) is 16.2.